The van der Waals surface area contributed by atoms with Crippen LogP contribution in [0.2, 0.25) is 0 Å². The Kier molecular flexibility index (Phi) is 5.58. The molecule has 21 heavy (non-hydrogen) atoms. The minimum Gasteiger partial charge on any atom is -0.315 e. The highest BCUT2D eigenvalue weighted by atomic mass is 15.3. The van der Waals surface area contributed by atoms with Crippen LogP contribution in [0.1, 0.15) is 58.3 Å². The topological polar surface area (TPSA) is 18.5 Å². The summed E-state index contributed by atoms with van der Waals surface area (Å²) in [5, 5.41) is 3.64. The number of nitrogens with one attached hydrogen (secondary N) is 1. The first-order chi connectivity index (χ1) is 10.3. The molecule has 3 nitrogen and oxygen atoms in total. The monoisotopic (exact) mass is 293 g/mol. The van der Waals surface area contributed by atoms with Gasteiger partial charge in [0, 0.05) is 24.7 Å². The third-order valence-corrected chi connectivity index (χ3v) is 6.30. The van der Waals surface area contributed by atoms with Crippen LogP contribution in [0.3, 0.4) is 0 Å². The number of hydrogen-bond donors (Lipinski definition) is 1. The molecule has 3 fully saturated rings. The summed E-state index contributed by atoms with van der Waals surface area (Å²) in [6, 6.07) is 2.38. The van der Waals surface area contributed by atoms with Gasteiger partial charge in [-0.25, -0.2) is 0 Å². The Morgan fingerprint density at radius 3 is 2.62 bits per heavy atom. The SMILES string of the molecule is CCCC1CCC(NC)C(N2CCCN3CCCC3C2)C1. The van der Waals surface area contributed by atoms with E-state index in [2.05, 4.69) is 29.1 Å². The molecule has 4 unspecified atom stereocenters. The summed E-state index contributed by atoms with van der Waals surface area (Å²) in [5.74, 6) is 0.979. The Morgan fingerprint density at radius 1 is 1.00 bits per heavy atom. The molecule has 2 saturated heterocycles. The van der Waals surface area contributed by atoms with Crippen LogP contribution < -0.4 is 5.32 Å². The molecule has 2 heterocycles. The summed E-state index contributed by atoms with van der Waals surface area (Å²) in [6.45, 7) is 7.71. The Bertz CT molecular complexity index is 320. The van der Waals surface area contributed by atoms with Crippen LogP contribution in [0.5, 0.6) is 0 Å². The van der Waals surface area contributed by atoms with E-state index in [1.807, 2.05) is 0 Å². The van der Waals surface area contributed by atoms with Crippen molar-refractivity contribution in [3.05, 3.63) is 0 Å². The first-order valence-electron chi connectivity index (χ1n) is 9.47. The van der Waals surface area contributed by atoms with E-state index in [4.69, 9.17) is 0 Å². The van der Waals surface area contributed by atoms with E-state index in [9.17, 15) is 0 Å². The molecule has 0 aromatic heterocycles. The first-order valence-corrected chi connectivity index (χ1v) is 9.47. The summed E-state index contributed by atoms with van der Waals surface area (Å²) >= 11 is 0. The molecule has 0 aromatic rings. The molecule has 122 valence electrons. The molecule has 0 amide bonds. The number of hydrogen-bond acceptors (Lipinski definition) is 3. The van der Waals surface area contributed by atoms with E-state index in [1.54, 1.807) is 0 Å². The predicted octanol–water partition coefficient (Wildman–Crippen LogP) is 2.71. The second kappa shape index (κ2) is 7.43. The van der Waals surface area contributed by atoms with Gasteiger partial charge in [0.05, 0.1) is 0 Å². The smallest absolute Gasteiger partial charge is 0.0252 e. The van der Waals surface area contributed by atoms with Crippen LogP contribution in [0.4, 0.5) is 0 Å². The summed E-state index contributed by atoms with van der Waals surface area (Å²) in [6.07, 6.45) is 11.3. The van der Waals surface area contributed by atoms with Crippen molar-refractivity contribution < 1.29 is 0 Å². The lowest BCUT2D eigenvalue weighted by atomic mass is 9.79. The molecule has 3 aliphatic rings. The van der Waals surface area contributed by atoms with Gasteiger partial charge in [0.1, 0.15) is 0 Å². The third kappa shape index (κ3) is 3.62. The maximum atomic E-state index is 3.64. The standard InChI is InChI=1S/C18H35N3/c1-3-6-15-8-9-17(19-2)18(13-15)21-12-5-11-20-10-4-7-16(20)14-21/h15-19H,3-14H2,1-2H3. The van der Waals surface area contributed by atoms with Gasteiger partial charge in [-0.05, 0) is 71.1 Å². The Balaban J connectivity index is 1.66. The normalized spacial score (nSPS) is 39.1. The summed E-state index contributed by atoms with van der Waals surface area (Å²) in [5.41, 5.74) is 0. The fraction of sp³-hybridized carbons (Fsp3) is 1.00. The fourth-order valence-electron chi connectivity index (χ4n) is 5.18. The van der Waals surface area contributed by atoms with Crippen molar-refractivity contribution in [1.29, 1.82) is 0 Å². The fourth-order valence-corrected chi connectivity index (χ4v) is 5.18. The highest BCUT2D eigenvalue weighted by Crippen LogP contribution is 2.33. The molecule has 3 rings (SSSR count). The average molecular weight is 293 g/mol. The number of nitrogens with zero attached hydrogens (tertiary/aromatic N) is 2. The summed E-state index contributed by atoms with van der Waals surface area (Å²) < 4.78 is 0. The van der Waals surface area contributed by atoms with Crippen molar-refractivity contribution in [3.8, 4) is 0 Å². The Hall–Kier alpha value is -0.120. The van der Waals surface area contributed by atoms with E-state index >= 15 is 0 Å². The molecule has 0 radical (unpaired) electrons. The summed E-state index contributed by atoms with van der Waals surface area (Å²) in [4.78, 5) is 5.64. The van der Waals surface area contributed by atoms with Crippen LogP contribution in [-0.2, 0) is 0 Å². The zero-order chi connectivity index (χ0) is 14.7. The van der Waals surface area contributed by atoms with Crippen molar-refractivity contribution in [2.75, 3.05) is 33.2 Å². The van der Waals surface area contributed by atoms with Crippen molar-refractivity contribution in [2.45, 2.75) is 76.4 Å². The molecular formula is C18H35N3. The van der Waals surface area contributed by atoms with Gasteiger partial charge in [-0.3, -0.25) is 9.80 Å². The quantitative estimate of drug-likeness (QED) is 0.860. The van der Waals surface area contributed by atoms with Crippen molar-refractivity contribution in [2.24, 2.45) is 5.92 Å². The van der Waals surface area contributed by atoms with E-state index in [0.717, 1.165) is 24.0 Å². The molecule has 0 spiro atoms. The number of likely N-dealkylation sites (N-methyl/N-ethyl adjacent to an activating group) is 1. The van der Waals surface area contributed by atoms with E-state index in [-0.39, 0.29) is 0 Å². The maximum Gasteiger partial charge on any atom is 0.0252 e. The lowest BCUT2D eigenvalue weighted by Crippen LogP contribution is -2.54. The largest absolute Gasteiger partial charge is 0.315 e. The van der Waals surface area contributed by atoms with Crippen molar-refractivity contribution in [3.63, 3.8) is 0 Å². The molecule has 4 atom stereocenters. The average Bonchev–Trinajstić information content (AvgIpc) is 2.84. The number of fused-ring (bicyclic) bond motifs is 1. The molecular weight excluding hydrogens is 258 g/mol. The van der Waals surface area contributed by atoms with Gasteiger partial charge in [0.15, 0.2) is 0 Å². The first kappa shape index (κ1) is 15.8. The zero-order valence-corrected chi connectivity index (χ0v) is 14.2. The molecule has 1 N–H and O–H groups in total. The van der Waals surface area contributed by atoms with Crippen LogP contribution in [-0.4, -0.2) is 61.2 Å². The Labute approximate surface area is 131 Å². The van der Waals surface area contributed by atoms with Crippen LogP contribution in [0.25, 0.3) is 0 Å². The second-order valence-electron chi connectivity index (χ2n) is 7.61. The van der Waals surface area contributed by atoms with Gasteiger partial charge >= 0.3 is 0 Å². The van der Waals surface area contributed by atoms with Gasteiger partial charge in [-0.2, -0.15) is 0 Å². The van der Waals surface area contributed by atoms with Gasteiger partial charge in [0.25, 0.3) is 0 Å². The van der Waals surface area contributed by atoms with Gasteiger partial charge < -0.3 is 5.32 Å². The highest BCUT2D eigenvalue weighted by Gasteiger charge is 2.37. The minimum atomic E-state index is 0.728. The molecule has 1 aliphatic carbocycles. The van der Waals surface area contributed by atoms with Crippen LogP contribution >= 0.6 is 0 Å². The van der Waals surface area contributed by atoms with Gasteiger partial charge in [0.2, 0.25) is 0 Å². The zero-order valence-electron chi connectivity index (χ0n) is 14.2. The Morgan fingerprint density at radius 2 is 1.81 bits per heavy atom. The lowest BCUT2D eigenvalue weighted by molar-refractivity contribution is 0.0895. The second-order valence-corrected chi connectivity index (χ2v) is 7.61. The highest BCUT2D eigenvalue weighted by molar-refractivity contribution is 4.94. The molecule has 1 saturated carbocycles. The van der Waals surface area contributed by atoms with Crippen LogP contribution in [0, 0.1) is 5.92 Å². The molecule has 0 bridgehead atoms. The maximum absolute atomic E-state index is 3.64. The minimum absolute atomic E-state index is 0.728. The van der Waals surface area contributed by atoms with Gasteiger partial charge in [-0.1, -0.05) is 19.8 Å². The predicted molar refractivity (Wildman–Crippen MR) is 89.7 cm³/mol. The summed E-state index contributed by atoms with van der Waals surface area (Å²) in [7, 11) is 2.18. The van der Waals surface area contributed by atoms with Crippen LogP contribution in [0.15, 0.2) is 0 Å². The number of rotatable bonds is 4. The third-order valence-electron chi connectivity index (χ3n) is 6.30. The molecule has 2 aliphatic heterocycles. The van der Waals surface area contributed by atoms with E-state index in [0.29, 0.717) is 0 Å². The van der Waals surface area contributed by atoms with Crippen molar-refractivity contribution in [1.82, 2.24) is 15.1 Å². The van der Waals surface area contributed by atoms with E-state index < -0.39 is 0 Å². The van der Waals surface area contributed by atoms with E-state index in [1.165, 1.54) is 77.5 Å². The van der Waals surface area contributed by atoms with Gasteiger partial charge in [-0.15, -0.1) is 0 Å². The molecule has 0 aromatic carbocycles. The molecule has 3 heteroatoms. The lowest BCUT2D eigenvalue weighted by Gasteiger charge is -2.43. The van der Waals surface area contributed by atoms with Crippen molar-refractivity contribution >= 4 is 0 Å².